The topological polar surface area (TPSA) is 12.9 Å². The number of rotatable bonds is 5. The largest absolute Gasteiger partial charge is 0.264 e. The van der Waals surface area contributed by atoms with Gasteiger partial charge in [-0.25, -0.2) is 0 Å². The van der Waals surface area contributed by atoms with Crippen molar-refractivity contribution in [2.45, 2.75) is 45.4 Å². The maximum absolute atomic E-state index is 4.06. The SMILES string of the molecule is CCCCCCC#CCc1cccnc1. The van der Waals surface area contributed by atoms with Crippen LogP contribution in [0.2, 0.25) is 0 Å². The fraction of sp³-hybridized carbons (Fsp3) is 0.500. The molecular formula is C14H19N. The monoisotopic (exact) mass is 201 g/mol. The standard InChI is InChI=1S/C14H19N/c1-2-3-4-5-6-7-8-10-14-11-9-12-15-13-14/h9,11-13H,2-6,10H2,1H3. The Hall–Kier alpha value is -1.29. The Morgan fingerprint density at radius 2 is 2.13 bits per heavy atom. The van der Waals surface area contributed by atoms with Crippen LogP contribution in [0.1, 0.15) is 44.6 Å². The van der Waals surface area contributed by atoms with Crippen LogP contribution in [-0.2, 0) is 6.42 Å². The summed E-state index contributed by atoms with van der Waals surface area (Å²) in [7, 11) is 0. The van der Waals surface area contributed by atoms with E-state index < -0.39 is 0 Å². The summed E-state index contributed by atoms with van der Waals surface area (Å²) in [5.74, 6) is 6.40. The van der Waals surface area contributed by atoms with Gasteiger partial charge in [-0.1, -0.05) is 38.2 Å². The summed E-state index contributed by atoms with van der Waals surface area (Å²) >= 11 is 0. The van der Waals surface area contributed by atoms with Crippen molar-refractivity contribution in [3.63, 3.8) is 0 Å². The van der Waals surface area contributed by atoms with Gasteiger partial charge in [0.25, 0.3) is 0 Å². The van der Waals surface area contributed by atoms with Crippen molar-refractivity contribution in [1.29, 1.82) is 0 Å². The molecule has 0 saturated heterocycles. The summed E-state index contributed by atoms with van der Waals surface area (Å²) in [6.07, 6.45) is 10.7. The molecule has 1 heteroatoms. The van der Waals surface area contributed by atoms with E-state index >= 15 is 0 Å². The lowest BCUT2D eigenvalue weighted by Gasteiger charge is -1.92. The Balaban J connectivity index is 2.12. The third-order valence-corrected chi connectivity index (χ3v) is 2.30. The fourth-order valence-corrected chi connectivity index (χ4v) is 1.40. The second-order valence-electron chi connectivity index (χ2n) is 3.70. The molecule has 0 aromatic carbocycles. The third-order valence-electron chi connectivity index (χ3n) is 2.30. The summed E-state index contributed by atoms with van der Waals surface area (Å²) in [5.41, 5.74) is 1.21. The lowest BCUT2D eigenvalue weighted by Crippen LogP contribution is -1.81. The highest BCUT2D eigenvalue weighted by molar-refractivity contribution is 5.16. The molecule has 80 valence electrons. The Morgan fingerprint density at radius 3 is 2.87 bits per heavy atom. The molecule has 0 aliphatic heterocycles. The lowest BCUT2D eigenvalue weighted by atomic mass is 10.1. The third kappa shape index (κ3) is 5.91. The molecule has 0 fully saturated rings. The number of hydrogen-bond donors (Lipinski definition) is 0. The van der Waals surface area contributed by atoms with Gasteiger partial charge in [0.1, 0.15) is 0 Å². The van der Waals surface area contributed by atoms with Gasteiger partial charge in [-0.15, -0.1) is 5.92 Å². The van der Waals surface area contributed by atoms with Gasteiger partial charge in [-0.3, -0.25) is 4.98 Å². The minimum atomic E-state index is 0.835. The first-order valence-corrected chi connectivity index (χ1v) is 5.78. The van der Waals surface area contributed by atoms with Crippen LogP contribution in [0.3, 0.4) is 0 Å². The van der Waals surface area contributed by atoms with Gasteiger partial charge in [-0.05, 0) is 18.1 Å². The molecule has 0 aliphatic rings. The van der Waals surface area contributed by atoms with Gasteiger partial charge >= 0.3 is 0 Å². The molecule has 1 aromatic rings. The van der Waals surface area contributed by atoms with E-state index in [0.29, 0.717) is 0 Å². The average molecular weight is 201 g/mol. The van der Waals surface area contributed by atoms with E-state index in [1.54, 1.807) is 6.20 Å². The van der Waals surface area contributed by atoms with E-state index in [0.717, 1.165) is 12.8 Å². The van der Waals surface area contributed by atoms with Crippen LogP contribution in [0.15, 0.2) is 24.5 Å². The molecule has 0 amide bonds. The highest BCUT2D eigenvalue weighted by Gasteiger charge is 1.86. The molecule has 0 radical (unpaired) electrons. The van der Waals surface area contributed by atoms with Crippen LogP contribution in [-0.4, -0.2) is 4.98 Å². The van der Waals surface area contributed by atoms with Crippen molar-refractivity contribution in [1.82, 2.24) is 4.98 Å². The summed E-state index contributed by atoms with van der Waals surface area (Å²) in [5, 5.41) is 0. The highest BCUT2D eigenvalue weighted by Crippen LogP contribution is 2.01. The maximum Gasteiger partial charge on any atom is 0.0355 e. The Labute approximate surface area is 92.9 Å². The quantitative estimate of drug-likeness (QED) is 0.524. The maximum atomic E-state index is 4.06. The zero-order valence-electron chi connectivity index (χ0n) is 9.50. The average Bonchev–Trinajstić information content (AvgIpc) is 2.29. The number of pyridine rings is 1. The van der Waals surface area contributed by atoms with Crippen LogP contribution < -0.4 is 0 Å². The molecule has 0 saturated carbocycles. The fourth-order valence-electron chi connectivity index (χ4n) is 1.40. The molecule has 0 spiro atoms. The molecule has 0 unspecified atom stereocenters. The number of aromatic nitrogens is 1. The summed E-state index contributed by atoms with van der Waals surface area (Å²) in [6, 6.07) is 4.02. The highest BCUT2D eigenvalue weighted by atomic mass is 14.6. The molecule has 1 rings (SSSR count). The number of hydrogen-bond acceptors (Lipinski definition) is 1. The van der Waals surface area contributed by atoms with Crippen LogP contribution in [0.25, 0.3) is 0 Å². The van der Waals surface area contributed by atoms with E-state index in [2.05, 4.69) is 29.8 Å². The lowest BCUT2D eigenvalue weighted by molar-refractivity contribution is 0.679. The molecule has 1 aromatic heterocycles. The van der Waals surface area contributed by atoms with Crippen molar-refractivity contribution in [3.8, 4) is 11.8 Å². The van der Waals surface area contributed by atoms with Crippen molar-refractivity contribution in [2.75, 3.05) is 0 Å². The van der Waals surface area contributed by atoms with Gasteiger partial charge in [0.15, 0.2) is 0 Å². The molecule has 1 heterocycles. The van der Waals surface area contributed by atoms with Crippen molar-refractivity contribution in [2.24, 2.45) is 0 Å². The van der Waals surface area contributed by atoms with Crippen molar-refractivity contribution in [3.05, 3.63) is 30.1 Å². The van der Waals surface area contributed by atoms with Crippen LogP contribution in [0.4, 0.5) is 0 Å². The molecule has 0 atom stereocenters. The molecule has 1 nitrogen and oxygen atoms in total. The molecule has 15 heavy (non-hydrogen) atoms. The zero-order chi connectivity index (χ0) is 10.8. The number of unbranched alkanes of at least 4 members (excludes halogenated alkanes) is 4. The van der Waals surface area contributed by atoms with E-state index in [1.807, 2.05) is 12.3 Å². The smallest absolute Gasteiger partial charge is 0.0355 e. The van der Waals surface area contributed by atoms with Gasteiger partial charge in [0, 0.05) is 25.2 Å². The summed E-state index contributed by atoms with van der Waals surface area (Å²) < 4.78 is 0. The van der Waals surface area contributed by atoms with E-state index in [9.17, 15) is 0 Å². The first-order chi connectivity index (χ1) is 7.43. The normalized spacial score (nSPS) is 9.40. The minimum Gasteiger partial charge on any atom is -0.264 e. The summed E-state index contributed by atoms with van der Waals surface area (Å²) in [6.45, 7) is 2.23. The van der Waals surface area contributed by atoms with E-state index in [-0.39, 0.29) is 0 Å². The van der Waals surface area contributed by atoms with E-state index in [4.69, 9.17) is 0 Å². The minimum absolute atomic E-state index is 0.835. The van der Waals surface area contributed by atoms with E-state index in [1.165, 1.54) is 31.2 Å². The Bertz CT molecular complexity index is 305. The zero-order valence-corrected chi connectivity index (χ0v) is 9.50. The van der Waals surface area contributed by atoms with Crippen LogP contribution >= 0.6 is 0 Å². The second-order valence-corrected chi connectivity index (χ2v) is 3.70. The molecular weight excluding hydrogens is 182 g/mol. The molecule has 0 N–H and O–H groups in total. The van der Waals surface area contributed by atoms with Gasteiger partial charge in [-0.2, -0.15) is 0 Å². The predicted octanol–water partition coefficient (Wildman–Crippen LogP) is 3.60. The summed E-state index contributed by atoms with van der Waals surface area (Å²) in [4.78, 5) is 4.06. The first-order valence-electron chi connectivity index (χ1n) is 5.78. The Morgan fingerprint density at radius 1 is 1.20 bits per heavy atom. The van der Waals surface area contributed by atoms with Gasteiger partial charge in [0.2, 0.25) is 0 Å². The first kappa shape index (κ1) is 11.8. The van der Waals surface area contributed by atoms with Gasteiger partial charge < -0.3 is 0 Å². The number of nitrogens with zero attached hydrogens (tertiary/aromatic N) is 1. The molecule has 0 aliphatic carbocycles. The van der Waals surface area contributed by atoms with Crippen LogP contribution in [0, 0.1) is 11.8 Å². The predicted molar refractivity (Wildman–Crippen MR) is 64.5 cm³/mol. The van der Waals surface area contributed by atoms with Crippen molar-refractivity contribution >= 4 is 0 Å². The van der Waals surface area contributed by atoms with Gasteiger partial charge in [0.05, 0.1) is 0 Å². The van der Waals surface area contributed by atoms with Crippen LogP contribution in [0.5, 0.6) is 0 Å². The second kappa shape index (κ2) is 8.05. The van der Waals surface area contributed by atoms with Crippen molar-refractivity contribution < 1.29 is 0 Å². The molecule has 0 bridgehead atoms. The Kier molecular flexibility index (Phi) is 6.33.